The predicted molar refractivity (Wildman–Crippen MR) is 141 cm³/mol. The van der Waals surface area contributed by atoms with E-state index in [1.54, 1.807) is 6.20 Å². The number of carboxylic acid groups (broad SMARTS) is 1. The first-order chi connectivity index (χ1) is 17.1. The molecule has 7 heteroatoms. The van der Waals surface area contributed by atoms with Crippen LogP contribution in [0.25, 0.3) is 27.5 Å². The number of nitrogens with one attached hydrogen (secondary N) is 1. The summed E-state index contributed by atoms with van der Waals surface area (Å²) in [4.78, 5) is 25.9. The van der Waals surface area contributed by atoms with Crippen molar-refractivity contribution in [2.24, 2.45) is 5.41 Å². The van der Waals surface area contributed by atoms with Gasteiger partial charge in [0.2, 0.25) is 0 Å². The molecule has 0 radical (unpaired) electrons. The Kier molecular flexibility index (Phi) is 6.02. The summed E-state index contributed by atoms with van der Waals surface area (Å²) in [7, 11) is 0. The maximum absolute atomic E-state index is 12.6. The molecular weight excluding hydrogens is 452 g/mol. The molecule has 1 saturated carbocycles. The van der Waals surface area contributed by atoms with Crippen molar-refractivity contribution in [3.8, 4) is 11.1 Å². The zero-order chi connectivity index (χ0) is 25.6. The first kappa shape index (κ1) is 24.0. The van der Waals surface area contributed by atoms with E-state index in [1.807, 2.05) is 31.2 Å². The van der Waals surface area contributed by atoms with E-state index in [0.29, 0.717) is 24.6 Å². The van der Waals surface area contributed by atoms with Crippen LogP contribution in [0.15, 0.2) is 48.7 Å². The first-order valence-electron chi connectivity index (χ1n) is 12.5. The lowest BCUT2D eigenvalue weighted by atomic mass is 9.79. The van der Waals surface area contributed by atoms with Gasteiger partial charge in [-0.1, -0.05) is 45.0 Å². The van der Waals surface area contributed by atoms with Crippen LogP contribution in [0.5, 0.6) is 0 Å². The van der Waals surface area contributed by atoms with E-state index < -0.39 is 6.09 Å². The number of carbonyl (C=O) groups is 2. The van der Waals surface area contributed by atoms with Gasteiger partial charge in [-0.15, -0.1) is 0 Å². The number of fused-ring (bicyclic) bond motifs is 1. The molecule has 3 aromatic rings. The molecule has 1 aromatic heterocycles. The predicted octanol–water partition coefficient (Wildman–Crippen LogP) is 5.68. The van der Waals surface area contributed by atoms with Gasteiger partial charge in [0.05, 0.1) is 11.9 Å². The quantitative estimate of drug-likeness (QED) is 0.497. The van der Waals surface area contributed by atoms with Gasteiger partial charge in [0, 0.05) is 35.0 Å². The third-order valence-electron chi connectivity index (χ3n) is 7.26. The third kappa shape index (κ3) is 4.70. The Morgan fingerprint density at radius 3 is 2.58 bits per heavy atom. The standard InChI is InChI=1S/C29H32N4O3/c1-17-5-6-20(27(34)31-22-8-9-22)14-24(17)18-7-10-23-21(13-18)16-30-32-26(23)19-11-12-33(28(35)36)25(15-19)29(2,3)4/h5-7,10-11,13-14,16,22,25H,8-9,12,15H2,1-4H3,(H,31,34)(H,35,36). The van der Waals surface area contributed by atoms with Crippen molar-refractivity contribution in [3.63, 3.8) is 0 Å². The van der Waals surface area contributed by atoms with Crippen molar-refractivity contribution in [3.05, 3.63) is 65.5 Å². The number of hydrogen-bond acceptors (Lipinski definition) is 4. The van der Waals surface area contributed by atoms with E-state index in [-0.39, 0.29) is 17.4 Å². The van der Waals surface area contributed by atoms with Gasteiger partial charge in [0.25, 0.3) is 5.91 Å². The van der Waals surface area contributed by atoms with Gasteiger partial charge in [0.1, 0.15) is 0 Å². The molecule has 7 nitrogen and oxygen atoms in total. The molecule has 1 aliphatic heterocycles. The molecule has 2 aliphatic rings. The fourth-order valence-electron chi connectivity index (χ4n) is 4.98. The Bertz CT molecular complexity index is 1390. The fraction of sp³-hybridized carbons (Fsp3) is 0.379. The van der Waals surface area contributed by atoms with Gasteiger partial charge in [-0.3, -0.25) is 4.79 Å². The van der Waals surface area contributed by atoms with Crippen molar-refractivity contribution in [1.82, 2.24) is 20.4 Å². The number of carbonyl (C=O) groups excluding carboxylic acids is 1. The second-order valence-corrected chi connectivity index (χ2v) is 11.0. The molecule has 0 saturated heterocycles. The number of amides is 2. The molecule has 1 atom stereocenters. The number of aryl methyl sites for hydroxylation is 1. The lowest BCUT2D eigenvalue weighted by Crippen LogP contribution is -2.48. The van der Waals surface area contributed by atoms with Crippen LogP contribution in [0.3, 0.4) is 0 Å². The Labute approximate surface area is 211 Å². The minimum Gasteiger partial charge on any atom is -0.465 e. The largest absolute Gasteiger partial charge is 0.465 e. The van der Waals surface area contributed by atoms with Crippen LogP contribution in [0, 0.1) is 12.3 Å². The highest BCUT2D eigenvalue weighted by molar-refractivity contribution is 5.98. The zero-order valence-electron chi connectivity index (χ0n) is 21.2. The van der Waals surface area contributed by atoms with Crippen LogP contribution in [0.2, 0.25) is 0 Å². The highest BCUT2D eigenvalue weighted by Crippen LogP contribution is 2.38. The molecule has 1 aliphatic carbocycles. The molecule has 2 heterocycles. The molecule has 2 N–H and O–H groups in total. The van der Waals surface area contributed by atoms with Crippen LogP contribution in [0.4, 0.5) is 4.79 Å². The lowest BCUT2D eigenvalue weighted by molar-refractivity contribution is 0.0883. The summed E-state index contributed by atoms with van der Waals surface area (Å²) in [5.41, 5.74) is 5.40. The lowest BCUT2D eigenvalue weighted by Gasteiger charge is -2.41. The zero-order valence-corrected chi connectivity index (χ0v) is 21.2. The molecule has 0 bridgehead atoms. The van der Waals surface area contributed by atoms with Crippen LogP contribution in [-0.2, 0) is 0 Å². The molecular formula is C29H32N4O3. The Hall–Kier alpha value is -3.74. The van der Waals surface area contributed by atoms with E-state index in [2.05, 4.69) is 54.5 Å². The van der Waals surface area contributed by atoms with Crippen molar-refractivity contribution in [2.45, 2.75) is 59.0 Å². The monoisotopic (exact) mass is 484 g/mol. The highest BCUT2D eigenvalue weighted by atomic mass is 16.4. The molecule has 186 valence electrons. The van der Waals surface area contributed by atoms with E-state index in [4.69, 9.17) is 0 Å². The van der Waals surface area contributed by atoms with Crippen LogP contribution >= 0.6 is 0 Å². The molecule has 5 rings (SSSR count). The number of nitrogens with zero attached hydrogens (tertiary/aromatic N) is 3. The third-order valence-corrected chi connectivity index (χ3v) is 7.26. The Morgan fingerprint density at radius 2 is 1.89 bits per heavy atom. The van der Waals surface area contributed by atoms with E-state index in [9.17, 15) is 14.7 Å². The van der Waals surface area contributed by atoms with Crippen LogP contribution in [-0.4, -0.2) is 50.8 Å². The molecule has 1 fully saturated rings. The van der Waals surface area contributed by atoms with Gasteiger partial charge in [-0.25, -0.2) is 4.79 Å². The summed E-state index contributed by atoms with van der Waals surface area (Å²) in [6.45, 7) is 8.58. The van der Waals surface area contributed by atoms with Gasteiger partial charge in [-0.05, 0) is 72.1 Å². The van der Waals surface area contributed by atoms with Crippen molar-refractivity contribution in [2.75, 3.05) is 6.54 Å². The van der Waals surface area contributed by atoms with Gasteiger partial charge >= 0.3 is 6.09 Å². The van der Waals surface area contributed by atoms with E-state index in [1.165, 1.54) is 4.90 Å². The summed E-state index contributed by atoms with van der Waals surface area (Å²) in [5.74, 6) is -0.0271. The highest BCUT2D eigenvalue weighted by Gasteiger charge is 2.36. The summed E-state index contributed by atoms with van der Waals surface area (Å²) >= 11 is 0. The number of rotatable bonds is 4. The van der Waals surface area contributed by atoms with Gasteiger partial charge in [-0.2, -0.15) is 10.2 Å². The SMILES string of the molecule is Cc1ccc(C(=O)NC2CC2)cc1-c1ccc2c(C3=CCN(C(=O)O)C(C(C)(C)C)C3)nncc2c1. The second kappa shape index (κ2) is 9.04. The van der Waals surface area contributed by atoms with Crippen molar-refractivity contribution >= 4 is 28.3 Å². The average molecular weight is 485 g/mol. The molecule has 1 unspecified atom stereocenters. The Morgan fingerprint density at radius 1 is 1.11 bits per heavy atom. The summed E-state index contributed by atoms with van der Waals surface area (Å²) in [5, 5.41) is 23.5. The summed E-state index contributed by atoms with van der Waals surface area (Å²) in [6.07, 6.45) is 5.51. The van der Waals surface area contributed by atoms with Crippen LogP contribution < -0.4 is 5.32 Å². The van der Waals surface area contributed by atoms with Crippen LogP contribution in [0.1, 0.15) is 61.6 Å². The summed E-state index contributed by atoms with van der Waals surface area (Å²) in [6, 6.07) is 12.2. The van der Waals surface area contributed by atoms with E-state index >= 15 is 0 Å². The van der Waals surface area contributed by atoms with E-state index in [0.717, 1.165) is 51.6 Å². The van der Waals surface area contributed by atoms with Crippen molar-refractivity contribution in [1.29, 1.82) is 0 Å². The number of hydrogen-bond donors (Lipinski definition) is 2. The molecule has 0 spiro atoms. The topological polar surface area (TPSA) is 95.4 Å². The fourth-order valence-corrected chi connectivity index (χ4v) is 4.98. The number of benzene rings is 2. The average Bonchev–Trinajstić information content (AvgIpc) is 3.66. The smallest absolute Gasteiger partial charge is 0.407 e. The minimum absolute atomic E-state index is 0.0271. The van der Waals surface area contributed by atoms with Gasteiger partial charge < -0.3 is 15.3 Å². The van der Waals surface area contributed by atoms with Gasteiger partial charge in [0.15, 0.2) is 0 Å². The summed E-state index contributed by atoms with van der Waals surface area (Å²) < 4.78 is 0. The minimum atomic E-state index is -0.901. The first-order valence-corrected chi connectivity index (χ1v) is 12.5. The Balaban J connectivity index is 1.50. The molecule has 2 aromatic carbocycles. The van der Waals surface area contributed by atoms with Crippen molar-refractivity contribution < 1.29 is 14.7 Å². The maximum atomic E-state index is 12.6. The maximum Gasteiger partial charge on any atom is 0.407 e. The number of aromatic nitrogens is 2. The molecule has 2 amide bonds. The second-order valence-electron chi connectivity index (χ2n) is 11.0. The molecule has 36 heavy (non-hydrogen) atoms. The normalized spacial score (nSPS) is 18.2.